The second-order valence-electron chi connectivity index (χ2n) is 5.59. The third-order valence-electron chi connectivity index (χ3n) is 3.80. The van der Waals surface area contributed by atoms with Crippen LogP contribution in [-0.2, 0) is 22.6 Å². The van der Waals surface area contributed by atoms with E-state index in [1.807, 2.05) is 54.6 Å². The minimum Gasteiger partial charge on any atom is -0.460 e. The van der Waals surface area contributed by atoms with Crippen LogP contribution < -0.4 is 5.73 Å². The Morgan fingerprint density at radius 2 is 1.54 bits per heavy atom. The van der Waals surface area contributed by atoms with Gasteiger partial charge in [-0.3, -0.25) is 4.79 Å². The summed E-state index contributed by atoms with van der Waals surface area (Å²) in [7, 11) is 0. The molecule has 24 heavy (non-hydrogen) atoms. The highest BCUT2D eigenvalue weighted by atomic mass is 16.5. The van der Waals surface area contributed by atoms with Gasteiger partial charge in [-0.05, 0) is 28.3 Å². The molecule has 0 aliphatic carbocycles. The smallest absolute Gasteiger partial charge is 0.323 e. The van der Waals surface area contributed by atoms with E-state index in [2.05, 4.69) is 18.2 Å². The Kier molecular flexibility index (Phi) is 6.10. The SMILES string of the molecule is C.NC(Cc1ccc2ccccc2c1)C(=O)OCc1ccccc1. The maximum absolute atomic E-state index is 12.0. The van der Waals surface area contributed by atoms with E-state index in [1.54, 1.807) is 0 Å². The van der Waals surface area contributed by atoms with E-state index in [9.17, 15) is 4.79 Å². The summed E-state index contributed by atoms with van der Waals surface area (Å²) >= 11 is 0. The molecule has 0 spiro atoms. The molecule has 0 aromatic heterocycles. The summed E-state index contributed by atoms with van der Waals surface area (Å²) < 4.78 is 5.29. The van der Waals surface area contributed by atoms with Crippen LogP contribution in [0.4, 0.5) is 0 Å². The average molecular weight is 321 g/mol. The van der Waals surface area contributed by atoms with Gasteiger partial charge >= 0.3 is 5.97 Å². The van der Waals surface area contributed by atoms with Crippen LogP contribution in [0.1, 0.15) is 18.6 Å². The highest BCUT2D eigenvalue weighted by molar-refractivity contribution is 5.83. The second kappa shape index (κ2) is 8.27. The molecule has 1 unspecified atom stereocenters. The van der Waals surface area contributed by atoms with E-state index >= 15 is 0 Å². The Bertz CT molecular complexity index is 799. The predicted octanol–water partition coefficient (Wildman–Crippen LogP) is 4.09. The fourth-order valence-electron chi connectivity index (χ4n) is 2.54. The van der Waals surface area contributed by atoms with Gasteiger partial charge in [-0.15, -0.1) is 0 Å². The van der Waals surface area contributed by atoms with Crippen LogP contribution in [0.5, 0.6) is 0 Å². The number of hydrogen-bond acceptors (Lipinski definition) is 3. The topological polar surface area (TPSA) is 52.3 Å². The summed E-state index contributed by atoms with van der Waals surface area (Å²) in [4.78, 5) is 12.0. The van der Waals surface area contributed by atoms with Gasteiger partial charge in [0.15, 0.2) is 0 Å². The quantitative estimate of drug-likeness (QED) is 0.720. The fraction of sp³-hybridized carbons (Fsp3) is 0.190. The highest BCUT2D eigenvalue weighted by Crippen LogP contribution is 2.16. The van der Waals surface area contributed by atoms with Crippen molar-refractivity contribution < 1.29 is 9.53 Å². The third-order valence-corrected chi connectivity index (χ3v) is 3.80. The van der Waals surface area contributed by atoms with Gasteiger partial charge in [0.25, 0.3) is 0 Å². The molecular formula is C21H23NO2. The van der Waals surface area contributed by atoms with Crippen LogP contribution in [0.3, 0.4) is 0 Å². The minimum atomic E-state index is -0.653. The molecule has 0 heterocycles. The van der Waals surface area contributed by atoms with Crippen molar-refractivity contribution in [3.8, 4) is 0 Å². The number of rotatable bonds is 5. The number of carbonyl (C=O) groups is 1. The van der Waals surface area contributed by atoms with Gasteiger partial charge in [-0.25, -0.2) is 0 Å². The van der Waals surface area contributed by atoms with Gasteiger partial charge in [-0.2, -0.15) is 0 Å². The summed E-state index contributed by atoms with van der Waals surface area (Å²) in [6.07, 6.45) is 0.471. The molecule has 3 aromatic carbocycles. The van der Waals surface area contributed by atoms with E-state index < -0.39 is 6.04 Å². The zero-order chi connectivity index (χ0) is 16.1. The number of hydrogen-bond donors (Lipinski definition) is 1. The van der Waals surface area contributed by atoms with Gasteiger partial charge in [0.2, 0.25) is 0 Å². The van der Waals surface area contributed by atoms with E-state index in [1.165, 1.54) is 5.39 Å². The van der Waals surface area contributed by atoms with Crippen LogP contribution in [0, 0.1) is 0 Å². The maximum Gasteiger partial charge on any atom is 0.323 e. The van der Waals surface area contributed by atoms with E-state index in [4.69, 9.17) is 10.5 Å². The van der Waals surface area contributed by atoms with Crippen molar-refractivity contribution in [2.24, 2.45) is 5.73 Å². The molecule has 0 aliphatic heterocycles. The average Bonchev–Trinajstić information content (AvgIpc) is 2.60. The number of fused-ring (bicyclic) bond motifs is 1. The summed E-state index contributed by atoms with van der Waals surface area (Å²) in [6, 6.07) is 23.2. The van der Waals surface area contributed by atoms with Crippen molar-refractivity contribution >= 4 is 16.7 Å². The molecule has 0 amide bonds. The van der Waals surface area contributed by atoms with Crippen molar-refractivity contribution in [1.82, 2.24) is 0 Å². The van der Waals surface area contributed by atoms with E-state index in [0.29, 0.717) is 6.42 Å². The molecule has 0 bridgehead atoms. The van der Waals surface area contributed by atoms with Crippen LogP contribution >= 0.6 is 0 Å². The molecule has 3 aromatic rings. The molecule has 2 N–H and O–H groups in total. The van der Waals surface area contributed by atoms with Crippen molar-refractivity contribution in [2.45, 2.75) is 26.5 Å². The Morgan fingerprint density at radius 3 is 2.29 bits per heavy atom. The van der Waals surface area contributed by atoms with Gasteiger partial charge in [0.1, 0.15) is 12.6 Å². The Morgan fingerprint density at radius 1 is 0.875 bits per heavy atom. The summed E-state index contributed by atoms with van der Waals surface area (Å²) in [6.45, 7) is 0.255. The normalized spacial score (nSPS) is 11.5. The van der Waals surface area contributed by atoms with Crippen LogP contribution in [0.15, 0.2) is 72.8 Å². The van der Waals surface area contributed by atoms with Gasteiger partial charge < -0.3 is 10.5 Å². The van der Waals surface area contributed by atoms with Crippen molar-refractivity contribution in [2.75, 3.05) is 0 Å². The molecule has 124 valence electrons. The molecule has 1 atom stereocenters. The molecular weight excluding hydrogens is 298 g/mol. The largest absolute Gasteiger partial charge is 0.460 e. The molecule has 3 heteroatoms. The Labute approximate surface area is 143 Å². The number of ether oxygens (including phenoxy) is 1. The van der Waals surface area contributed by atoms with Crippen molar-refractivity contribution in [3.63, 3.8) is 0 Å². The van der Waals surface area contributed by atoms with Gasteiger partial charge in [0.05, 0.1) is 0 Å². The monoisotopic (exact) mass is 321 g/mol. The van der Waals surface area contributed by atoms with Crippen molar-refractivity contribution in [1.29, 1.82) is 0 Å². The molecule has 3 rings (SSSR count). The predicted molar refractivity (Wildman–Crippen MR) is 98.6 cm³/mol. The standard InChI is InChI=1S/C20H19NO2.CH4/c21-19(20(22)23-14-15-6-2-1-3-7-15)13-16-10-11-17-8-4-5-9-18(17)12-16;/h1-12,19H,13-14,21H2;1H4. The number of carbonyl (C=O) groups excluding carboxylic acids is 1. The minimum absolute atomic E-state index is 0. The zero-order valence-electron chi connectivity index (χ0n) is 12.8. The lowest BCUT2D eigenvalue weighted by atomic mass is 10.0. The molecule has 0 radical (unpaired) electrons. The van der Waals surface area contributed by atoms with Crippen LogP contribution in [-0.4, -0.2) is 12.0 Å². The lowest BCUT2D eigenvalue weighted by Crippen LogP contribution is -2.34. The van der Waals surface area contributed by atoms with Gasteiger partial charge in [0, 0.05) is 0 Å². The van der Waals surface area contributed by atoms with E-state index in [-0.39, 0.29) is 20.0 Å². The molecule has 0 aliphatic rings. The van der Waals surface area contributed by atoms with Crippen molar-refractivity contribution in [3.05, 3.63) is 83.9 Å². The van der Waals surface area contributed by atoms with E-state index in [0.717, 1.165) is 16.5 Å². The molecule has 0 saturated heterocycles. The first-order chi connectivity index (χ1) is 11.2. The van der Waals surface area contributed by atoms with Crippen LogP contribution in [0.2, 0.25) is 0 Å². The first-order valence-electron chi connectivity index (χ1n) is 7.66. The second-order valence-corrected chi connectivity index (χ2v) is 5.59. The molecule has 0 fully saturated rings. The highest BCUT2D eigenvalue weighted by Gasteiger charge is 2.16. The summed E-state index contributed by atoms with van der Waals surface area (Å²) in [5.74, 6) is -0.373. The zero-order valence-corrected chi connectivity index (χ0v) is 12.8. The molecule has 3 nitrogen and oxygen atoms in total. The fourth-order valence-corrected chi connectivity index (χ4v) is 2.54. The van der Waals surface area contributed by atoms with Gasteiger partial charge in [-0.1, -0.05) is 80.2 Å². The Balaban J connectivity index is 0.00000208. The lowest BCUT2D eigenvalue weighted by Gasteiger charge is -2.12. The lowest BCUT2D eigenvalue weighted by molar-refractivity contribution is -0.146. The summed E-state index contributed by atoms with van der Waals surface area (Å²) in [5, 5.41) is 2.33. The number of nitrogens with two attached hydrogens (primary N) is 1. The maximum atomic E-state index is 12.0. The first-order valence-corrected chi connectivity index (χ1v) is 7.66. The Hall–Kier alpha value is -2.65. The third kappa shape index (κ3) is 4.43. The van der Waals surface area contributed by atoms with Crippen LogP contribution in [0.25, 0.3) is 10.8 Å². The first kappa shape index (κ1) is 17.7. The number of benzene rings is 3. The summed E-state index contributed by atoms with van der Waals surface area (Å²) in [5.41, 5.74) is 7.98. The number of esters is 1. The molecule has 0 saturated carbocycles.